The Balaban J connectivity index is 1.68. The minimum atomic E-state index is -0.617. The Morgan fingerprint density at radius 3 is 2.70 bits per heavy atom. The van der Waals surface area contributed by atoms with Gasteiger partial charge >= 0.3 is 6.09 Å². The summed E-state index contributed by atoms with van der Waals surface area (Å²) in [7, 11) is 0. The lowest BCUT2D eigenvalue weighted by atomic mass is 9.94. The molecule has 2 amide bonds. The van der Waals surface area contributed by atoms with Gasteiger partial charge in [0.25, 0.3) is 5.91 Å². The van der Waals surface area contributed by atoms with Gasteiger partial charge in [0.1, 0.15) is 16.4 Å². The first-order valence-electron chi connectivity index (χ1n) is 10.3. The summed E-state index contributed by atoms with van der Waals surface area (Å²) in [6, 6.07) is 4.70. The van der Waals surface area contributed by atoms with Crippen LogP contribution in [0.1, 0.15) is 59.2 Å². The number of Topliss-reactive ketones (excluding diaryl/α,β-unsaturated/α-hetero) is 1. The zero-order chi connectivity index (χ0) is 24.2. The van der Waals surface area contributed by atoms with Gasteiger partial charge < -0.3 is 15.4 Å². The van der Waals surface area contributed by atoms with Gasteiger partial charge in [-0.1, -0.05) is 0 Å². The maximum absolute atomic E-state index is 14.4. The van der Waals surface area contributed by atoms with E-state index >= 15 is 0 Å². The number of ketones is 1. The second kappa shape index (κ2) is 10.8. The first kappa shape index (κ1) is 25.4. The highest BCUT2D eigenvalue weighted by molar-refractivity contribution is 14.1. The molecule has 0 bridgehead atoms. The number of carbonyl (C=O) groups is 3. The molecule has 3 N–H and O–H groups in total. The highest BCUT2D eigenvalue weighted by atomic mass is 127. The molecule has 3 rings (SSSR count). The van der Waals surface area contributed by atoms with E-state index in [0.29, 0.717) is 34.7 Å². The number of hydrogen-bond acceptors (Lipinski definition) is 7. The molecule has 0 aliphatic heterocycles. The van der Waals surface area contributed by atoms with Crippen molar-refractivity contribution in [3.63, 3.8) is 0 Å². The molecule has 11 heteroatoms. The Hall–Kier alpha value is -2.25. The Morgan fingerprint density at radius 1 is 1.24 bits per heavy atom. The van der Waals surface area contributed by atoms with Crippen molar-refractivity contribution in [3.05, 3.63) is 43.6 Å². The SMILES string of the molecule is CC(C)(C)OC(=O)NCCONC(=O)c1c(Nc2ccc(I)cc2F)sc2c1CCCC2=O. The van der Waals surface area contributed by atoms with E-state index in [-0.39, 0.29) is 30.2 Å². The van der Waals surface area contributed by atoms with Crippen molar-refractivity contribution >= 4 is 62.4 Å². The predicted octanol–water partition coefficient (Wildman–Crippen LogP) is 4.94. The summed E-state index contributed by atoms with van der Waals surface area (Å²) < 4.78 is 20.2. The second-order valence-corrected chi connectivity index (χ2v) is 10.6. The van der Waals surface area contributed by atoms with Gasteiger partial charge in [-0.3, -0.25) is 14.4 Å². The Labute approximate surface area is 208 Å². The number of ether oxygens (including phenoxy) is 1. The van der Waals surface area contributed by atoms with Crippen LogP contribution in [0.15, 0.2) is 18.2 Å². The smallest absolute Gasteiger partial charge is 0.407 e. The van der Waals surface area contributed by atoms with Crippen LogP contribution in [0.4, 0.5) is 19.9 Å². The van der Waals surface area contributed by atoms with Gasteiger partial charge in [-0.25, -0.2) is 14.7 Å². The van der Waals surface area contributed by atoms with Crippen molar-refractivity contribution in [1.29, 1.82) is 0 Å². The number of amides is 2. The number of alkyl carbamates (subject to hydrolysis) is 1. The molecule has 0 atom stereocenters. The molecule has 0 saturated carbocycles. The fraction of sp³-hybridized carbons (Fsp3) is 0.409. The monoisotopic (exact) mass is 589 g/mol. The molecule has 0 spiro atoms. The minimum Gasteiger partial charge on any atom is -0.444 e. The molecule has 33 heavy (non-hydrogen) atoms. The molecule has 0 saturated heterocycles. The third kappa shape index (κ3) is 6.87. The number of anilines is 2. The maximum Gasteiger partial charge on any atom is 0.407 e. The van der Waals surface area contributed by atoms with Crippen LogP contribution in [0.3, 0.4) is 0 Å². The number of rotatable bonds is 7. The van der Waals surface area contributed by atoms with Crippen LogP contribution in [-0.2, 0) is 16.0 Å². The zero-order valence-corrected chi connectivity index (χ0v) is 21.4. The standard InChI is InChI=1S/C22H25FIN3O5S/c1-22(2,3)32-21(30)25-9-10-31-27-19(29)17-13-5-4-6-16(28)18(13)33-20(17)26-15-8-7-12(24)11-14(15)23/h7-8,11,26H,4-6,9-10H2,1-3H3,(H,25,30)(H,27,29). The van der Waals surface area contributed by atoms with E-state index in [4.69, 9.17) is 9.57 Å². The number of nitrogens with one attached hydrogen (secondary N) is 3. The van der Waals surface area contributed by atoms with E-state index in [9.17, 15) is 18.8 Å². The summed E-state index contributed by atoms with van der Waals surface area (Å²) in [4.78, 5) is 42.7. The molecule has 2 aromatic rings. The molecule has 178 valence electrons. The van der Waals surface area contributed by atoms with Crippen LogP contribution < -0.4 is 16.1 Å². The van der Waals surface area contributed by atoms with Crippen LogP contribution in [0.5, 0.6) is 0 Å². The summed E-state index contributed by atoms with van der Waals surface area (Å²) >= 11 is 3.15. The average Bonchev–Trinajstić information content (AvgIpc) is 3.08. The molecule has 0 radical (unpaired) electrons. The van der Waals surface area contributed by atoms with E-state index in [1.807, 2.05) is 22.6 Å². The first-order valence-corrected chi connectivity index (χ1v) is 12.2. The van der Waals surface area contributed by atoms with Crippen molar-refractivity contribution < 1.29 is 28.3 Å². The van der Waals surface area contributed by atoms with Gasteiger partial charge in [0.05, 0.1) is 22.7 Å². The van der Waals surface area contributed by atoms with E-state index < -0.39 is 23.4 Å². The summed E-state index contributed by atoms with van der Waals surface area (Å²) in [6.07, 6.45) is 1.03. The van der Waals surface area contributed by atoms with E-state index in [1.165, 1.54) is 6.07 Å². The molecule has 1 aliphatic rings. The first-order chi connectivity index (χ1) is 15.5. The summed E-state index contributed by atoms with van der Waals surface area (Å²) in [5.74, 6) is -1.04. The van der Waals surface area contributed by atoms with Crippen LogP contribution in [0, 0.1) is 9.39 Å². The number of carbonyl (C=O) groups excluding carboxylic acids is 3. The number of benzene rings is 1. The zero-order valence-electron chi connectivity index (χ0n) is 18.5. The maximum atomic E-state index is 14.4. The number of halogens is 2. The highest BCUT2D eigenvalue weighted by Gasteiger charge is 2.30. The Kier molecular flexibility index (Phi) is 8.29. The lowest BCUT2D eigenvalue weighted by Crippen LogP contribution is -2.35. The molecule has 0 unspecified atom stereocenters. The number of fused-ring (bicyclic) bond motifs is 1. The van der Waals surface area contributed by atoms with Crippen molar-refractivity contribution in [2.24, 2.45) is 0 Å². The van der Waals surface area contributed by atoms with Gasteiger partial charge in [0.2, 0.25) is 0 Å². The van der Waals surface area contributed by atoms with Gasteiger partial charge in [0.15, 0.2) is 5.78 Å². The van der Waals surface area contributed by atoms with Gasteiger partial charge in [-0.15, -0.1) is 11.3 Å². The largest absolute Gasteiger partial charge is 0.444 e. The molecule has 0 fully saturated rings. The lowest BCUT2D eigenvalue weighted by molar-refractivity contribution is 0.0284. The van der Waals surface area contributed by atoms with Crippen LogP contribution in [-0.4, -0.2) is 36.5 Å². The molecule has 8 nitrogen and oxygen atoms in total. The van der Waals surface area contributed by atoms with Gasteiger partial charge in [-0.05, 0) is 80.0 Å². The second-order valence-electron chi connectivity index (χ2n) is 8.35. The van der Waals surface area contributed by atoms with E-state index in [1.54, 1.807) is 32.9 Å². The molecule has 1 heterocycles. The fourth-order valence-corrected chi connectivity index (χ4v) is 4.88. The highest BCUT2D eigenvalue weighted by Crippen LogP contribution is 2.40. The molecular weight excluding hydrogens is 564 g/mol. The van der Waals surface area contributed by atoms with Crippen LogP contribution in [0.2, 0.25) is 0 Å². The third-order valence-electron chi connectivity index (χ3n) is 4.53. The molecular formula is C22H25FIN3O5S. The van der Waals surface area contributed by atoms with Crippen molar-refractivity contribution in [1.82, 2.24) is 10.8 Å². The van der Waals surface area contributed by atoms with E-state index in [2.05, 4.69) is 16.1 Å². The third-order valence-corrected chi connectivity index (χ3v) is 6.39. The van der Waals surface area contributed by atoms with E-state index in [0.717, 1.165) is 14.9 Å². The van der Waals surface area contributed by atoms with Crippen molar-refractivity contribution in [2.75, 3.05) is 18.5 Å². The topological polar surface area (TPSA) is 106 Å². The van der Waals surface area contributed by atoms with Crippen molar-refractivity contribution in [2.45, 2.75) is 45.6 Å². The van der Waals surface area contributed by atoms with Crippen molar-refractivity contribution in [3.8, 4) is 0 Å². The molecule has 1 aromatic heterocycles. The fourth-order valence-electron chi connectivity index (χ4n) is 3.20. The van der Waals surface area contributed by atoms with Gasteiger partial charge in [0, 0.05) is 16.5 Å². The summed E-state index contributed by atoms with van der Waals surface area (Å²) in [5.41, 5.74) is 2.84. The predicted molar refractivity (Wildman–Crippen MR) is 132 cm³/mol. The summed E-state index contributed by atoms with van der Waals surface area (Å²) in [5, 5.41) is 5.86. The number of hydrogen-bond donors (Lipinski definition) is 3. The molecule has 1 aromatic carbocycles. The normalized spacial score (nSPS) is 13.3. The minimum absolute atomic E-state index is 0.00472. The Bertz CT molecular complexity index is 1070. The summed E-state index contributed by atoms with van der Waals surface area (Å²) in [6.45, 7) is 5.38. The number of thiophene rings is 1. The quantitative estimate of drug-likeness (QED) is 0.240. The average molecular weight is 589 g/mol. The van der Waals surface area contributed by atoms with Crippen LogP contribution >= 0.6 is 33.9 Å². The Morgan fingerprint density at radius 2 is 2.00 bits per heavy atom. The lowest BCUT2D eigenvalue weighted by Gasteiger charge is -2.19. The molecule has 1 aliphatic carbocycles. The van der Waals surface area contributed by atoms with Crippen LogP contribution in [0.25, 0.3) is 0 Å². The number of hydroxylamine groups is 1. The van der Waals surface area contributed by atoms with Gasteiger partial charge in [-0.2, -0.15) is 0 Å².